The van der Waals surface area contributed by atoms with Crippen molar-refractivity contribution in [3.8, 4) is 0 Å². The lowest BCUT2D eigenvalue weighted by atomic mass is 10.2. The summed E-state index contributed by atoms with van der Waals surface area (Å²) in [5, 5.41) is 11.8. The number of hydrogen-bond acceptors (Lipinski definition) is 5. The molecule has 17 heavy (non-hydrogen) atoms. The Hall–Kier alpha value is -2.11. The highest BCUT2D eigenvalue weighted by atomic mass is 16.4. The summed E-state index contributed by atoms with van der Waals surface area (Å²) < 4.78 is 0. The molecular weight excluding hydrogens is 220 g/mol. The minimum absolute atomic E-state index is 0.330. The minimum Gasteiger partial charge on any atom is -0.480 e. The van der Waals surface area contributed by atoms with Gasteiger partial charge in [-0.15, -0.1) is 6.58 Å². The topological polar surface area (TPSA) is 78.4 Å². The second kappa shape index (κ2) is 5.83. The van der Waals surface area contributed by atoms with Crippen molar-refractivity contribution in [3.05, 3.63) is 24.9 Å². The number of hydrogen-bond donors (Lipinski definition) is 2. The minimum atomic E-state index is -0.935. The van der Waals surface area contributed by atoms with Crippen LogP contribution in [-0.4, -0.2) is 41.2 Å². The molecule has 6 nitrogen and oxygen atoms in total. The summed E-state index contributed by atoms with van der Waals surface area (Å²) in [7, 11) is 3.63. The molecule has 6 heteroatoms. The van der Waals surface area contributed by atoms with Crippen LogP contribution in [0, 0.1) is 0 Å². The Bertz CT molecular complexity index is 406. The Balaban J connectivity index is 2.82. The van der Waals surface area contributed by atoms with Gasteiger partial charge in [0.25, 0.3) is 0 Å². The van der Waals surface area contributed by atoms with E-state index in [1.807, 2.05) is 14.1 Å². The van der Waals surface area contributed by atoms with Gasteiger partial charge in [-0.1, -0.05) is 6.08 Å². The molecule has 1 atom stereocenters. The van der Waals surface area contributed by atoms with Crippen LogP contribution in [-0.2, 0) is 4.79 Å². The van der Waals surface area contributed by atoms with Crippen molar-refractivity contribution in [3.63, 3.8) is 0 Å². The number of aliphatic carboxylic acids is 1. The predicted molar refractivity (Wildman–Crippen MR) is 66.2 cm³/mol. The zero-order chi connectivity index (χ0) is 12.8. The van der Waals surface area contributed by atoms with Gasteiger partial charge in [-0.05, 0) is 12.5 Å². The van der Waals surface area contributed by atoms with E-state index in [1.165, 1.54) is 0 Å². The van der Waals surface area contributed by atoms with Crippen molar-refractivity contribution in [2.45, 2.75) is 12.5 Å². The highest BCUT2D eigenvalue weighted by molar-refractivity contribution is 5.77. The fourth-order valence-electron chi connectivity index (χ4n) is 1.21. The number of nitrogens with one attached hydrogen (secondary N) is 1. The molecule has 92 valence electrons. The number of aromatic nitrogens is 2. The lowest BCUT2D eigenvalue weighted by Crippen LogP contribution is -2.29. The Kier molecular flexibility index (Phi) is 4.45. The molecule has 0 bridgehead atoms. The molecular formula is C11H16N4O2. The van der Waals surface area contributed by atoms with Gasteiger partial charge in [0, 0.05) is 20.3 Å². The van der Waals surface area contributed by atoms with E-state index in [0.717, 1.165) is 0 Å². The van der Waals surface area contributed by atoms with Gasteiger partial charge in [0.1, 0.15) is 11.9 Å². The zero-order valence-electron chi connectivity index (χ0n) is 9.92. The lowest BCUT2D eigenvalue weighted by molar-refractivity contribution is -0.137. The van der Waals surface area contributed by atoms with E-state index in [-0.39, 0.29) is 0 Å². The first kappa shape index (κ1) is 13.0. The molecule has 1 unspecified atom stereocenters. The van der Waals surface area contributed by atoms with Gasteiger partial charge in [-0.2, -0.15) is 4.98 Å². The number of rotatable bonds is 6. The molecule has 1 aromatic rings. The molecule has 0 aliphatic rings. The average Bonchev–Trinajstić information content (AvgIpc) is 2.28. The van der Waals surface area contributed by atoms with Crippen molar-refractivity contribution in [1.29, 1.82) is 0 Å². The lowest BCUT2D eigenvalue weighted by Gasteiger charge is -2.15. The third-order valence-corrected chi connectivity index (χ3v) is 2.07. The molecule has 1 aromatic heterocycles. The van der Waals surface area contributed by atoms with Crippen molar-refractivity contribution >= 4 is 17.7 Å². The maximum absolute atomic E-state index is 10.9. The van der Waals surface area contributed by atoms with Gasteiger partial charge in [-0.3, -0.25) is 0 Å². The van der Waals surface area contributed by atoms with Crippen LogP contribution in [0.15, 0.2) is 24.9 Å². The van der Waals surface area contributed by atoms with Crippen molar-refractivity contribution < 1.29 is 9.90 Å². The summed E-state index contributed by atoms with van der Waals surface area (Å²) in [4.78, 5) is 20.9. The Morgan fingerprint density at radius 2 is 2.41 bits per heavy atom. The summed E-state index contributed by atoms with van der Waals surface area (Å²) in [6.07, 6.45) is 3.47. The quantitative estimate of drug-likeness (QED) is 0.717. The molecule has 0 aromatic carbocycles. The number of carboxylic acids is 1. The van der Waals surface area contributed by atoms with Gasteiger partial charge in [0.15, 0.2) is 0 Å². The van der Waals surface area contributed by atoms with Gasteiger partial charge in [-0.25, -0.2) is 9.78 Å². The van der Waals surface area contributed by atoms with Crippen LogP contribution in [0.3, 0.4) is 0 Å². The maximum atomic E-state index is 10.9. The van der Waals surface area contributed by atoms with E-state index < -0.39 is 12.0 Å². The van der Waals surface area contributed by atoms with E-state index in [9.17, 15) is 4.79 Å². The van der Waals surface area contributed by atoms with Crippen LogP contribution in [0.5, 0.6) is 0 Å². The molecule has 0 aliphatic carbocycles. The van der Waals surface area contributed by atoms with E-state index in [0.29, 0.717) is 18.2 Å². The first-order valence-electron chi connectivity index (χ1n) is 5.15. The second-order valence-electron chi connectivity index (χ2n) is 3.70. The summed E-state index contributed by atoms with van der Waals surface area (Å²) in [6.45, 7) is 3.53. The summed E-state index contributed by atoms with van der Waals surface area (Å²) in [5.74, 6) is 0.0746. The Morgan fingerprint density at radius 1 is 1.71 bits per heavy atom. The van der Waals surface area contributed by atoms with Gasteiger partial charge < -0.3 is 15.3 Å². The highest BCUT2D eigenvalue weighted by Crippen LogP contribution is 2.10. The summed E-state index contributed by atoms with van der Waals surface area (Å²) >= 11 is 0. The molecule has 0 saturated heterocycles. The number of carboxylic acid groups (broad SMARTS) is 1. The van der Waals surface area contributed by atoms with Crippen molar-refractivity contribution in [1.82, 2.24) is 9.97 Å². The predicted octanol–water partition coefficient (Wildman–Crippen LogP) is 0.984. The van der Waals surface area contributed by atoms with Crippen LogP contribution in [0.2, 0.25) is 0 Å². The largest absolute Gasteiger partial charge is 0.480 e. The molecule has 0 amide bonds. The fraction of sp³-hybridized carbons (Fsp3) is 0.364. The van der Waals surface area contributed by atoms with Crippen molar-refractivity contribution in [2.24, 2.45) is 0 Å². The Labute approximate surface area is 100 Å². The molecule has 1 rings (SSSR count). The third-order valence-electron chi connectivity index (χ3n) is 2.07. The normalized spacial score (nSPS) is 11.6. The monoisotopic (exact) mass is 236 g/mol. The van der Waals surface area contributed by atoms with Crippen molar-refractivity contribution in [2.75, 3.05) is 24.3 Å². The van der Waals surface area contributed by atoms with E-state index in [2.05, 4.69) is 21.9 Å². The average molecular weight is 236 g/mol. The van der Waals surface area contributed by atoms with E-state index >= 15 is 0 Å². The van der Waals surface area contributed by atoms with Gasteiger partial charge >= 0.3 is 5.97 Å². The Morgan fingerprint density at radius 3 is 2.94 bits per heavy atom. The molecule has 0 aliphatic heterocycles. The van der Waals surface area contributed by atoms with Crippen LogP contribution in [0.25, 0.3) is 0 Å². The fourth-order valence-corrected chi connectivity index (χ4v) is 1.21. The maximum Gasteiger partial charge on any atom is 0.326 e. The molecule has 1 heterocycles. The van der Waals surface area contributed by atoms with Gasteiger partial charge in [0.05, 0.1) is 0 Å². The standard InChI is InChI=1S/C11H16N4O2/c1-4-5-8(10(16)17)13-9-6-7-12-11(14-9)15(2)3/h4,6-8H,1,5H2,2-3H3,(H,16,17)(H,12,13,14). The number of carbonyl (C=O) groups is 1. The molecule has 2 N–H and O–H groups in total. The second-order valence-corrected chi connectivity index (χ2v) is 3.70. The highest BCUT2D eigenvalue weighted by Gasteiger charge is 2.16. The summed E-state index contributed by atoms with van der Waals surface area (Å²) in [6, 6.07) is 0.906. The molecule has 0 saturated carbocycles. The SMILES string of the molecule is C=CCC(Nc1ccnc(N(C)C)n1)C(=O)O. The third kappa shape index (κ3) is 3.75. The molecule has 0 fully saturated rings. The van der Waals surface area contributed by atoms with Crippen LogP contribution in [0.1, 0.15) is 6.42 Å². The number of nitrogens with zero attached hydrogens (tertiary/aromatic N) is 3. The first-order chi connectivity index (χ1) is 8.04. The number of anilines is 2. The smallest absolute Gasteiger partial charge is 0.326 e. The van der Waals surface area contributed by atoms with E-state index in [4.69, 9.17) is 5.11 Å². The molecule has 0 spiro atoms. The van der Waals surface area contributed by atoms with Crippen LogP contribution < -0.4 is 10.2 Å². The molecule has 0 radical (unpaired) electrons. The van der Waals surface area contributed by atoms with E-state index in [1.54, 1.807) is 23.2 Å². The van der Waals surface area contributed by atoms with Crippen LogP contribution >= 0.6 is 0 Å². The summed E-state index contributed by atoms with van der Waals surface area (Å²) in [5.41, 5.74) is 0. The van der Waals surface area contributed by atoms with Crippen LogP contribution in [0.4, 0.5) is 11.8 Å². The first-order valence-corrected chi connectivity index (χ1v) is 5.15. The van der Waals surface area contributed by atoms with Gasteiger partial charge in [0.2, 0.25) is 5.95 Å². The zero-order valence-corrected chi connectivity index (χ0v) is 9.92.